The van der Waals surface area contributed by atoms with Crippen molar-refractivity contribution in [2.45, 2.75) is 56.1 Å². The Balaban J connectivity index is 1.83. The molecule has 2 aromatic rings. The molecule has 7 heteroatoms. The molecule has 23 heavy (non-hydrogen) atoms. The van der Waals surface area contributed by atoms with Gasteiger partial charge in [-0.1, -0.05) is 11.8 Å². The molecule has 0 spiro atoms. The maximum Gasteiger partial charge on any atom is 0.233 e. The maximum atomic E-state index is 12.1. The van der Waals surface area contributed by atoms with E-state index < -0.39 is 0 Å². The van der Waals surface area contributed by atoms with Crippen LogP contribution in [0.25, 0.3) is 11.4 Å². The molecule has 3 rings (SSSR count). The first-order valence-corrected chi connectivity index (χ1v) is 8.76. The molecule has 1 aliphatic carbocycles. The van der Waals surface area contributed by atoms with Crippen molar-refractivity contribution in [2.75, 3.05) is 0 Å². The normalized spacial score (nSPS) is 15.7. The van der Waals surface area contributed by atoms with E-state index in [0.717, 1.165) is 29.4 Å². The van der Waals surface area contributed by atoms with E-state index in [1.807, 2.05) is 32.9 Å². The Bertz CT molecular complexity index is 681. The van der Waals surface area contributed by atoms with E-state index in [0.29, 0.717) is 6.04 Å². The molecular weight excluding hydrogens is 310 g/mol. The standard InChI is InChI=1S/C16H21N5OS/c1-10(2)18-15(22)11(3)23-16-20-19-14(21(16)13-6-7-13)12-5-4-8-17-9-12/h4-5,8-11,13H,6-7H2,1-3H3,(H,18,22)/t11-/m0/s1. The first kappa shape index (κ1) is 16.0. The van der Waals surface area contributed by atoms with Crippen molar-refractivity contribution in [3.8, 4) is 11.4 Å². The molecular formula is C16H21N5OS. The molecule has 1 atom stereocenters. The highest BCUT2D eigenvalue weighted by Gasteiger charge is 2.31. The molecule has 0 unspecified atom stereocenters. The van der Waals surface area contributed by atoms with Gasteiger partial charge in [-0.25, -0.2) is 0 Å². The van der Waals surface area contributed by atoms with Crippen molar-refractivity contribution in [3.63, 3.8) is 0 Å². The van der Waals surface area contributed by atoms with Crippen molar-refractivity contribution >= 4 is 17.7 Å². The lowest BCUT2D eigenvalue weighted by Gasteiger charge is -2.14. The van der Waals surface area contributed by atoms with Crippen molar-refractivity contribution < 1.29 is 4.79 Å². The van der Waals surface area contributed by atoms with Crippen molar-refractivity contribution in [3.05, 3.63) is 24.5 Å². The third-order valence-electron chi connectivity index (χ3n) is 3.58. The minimum atomic E-state index is -0.208. The third kappa shape index (κ3) is 3.72. The van der Waals surface area contributed by atoms with E-state index in [1.165, 1.54) is 11.8 Å². The zero-order chi connectivity index (χ0) is 16.4. The zero-order valence-corrected chi connectivity index (χ0v) is 14.4. The maximum absolute atomic E-state index is 12.1. The van der Waals surface area contributed by atoms with Gasteiger partial charge in [-0.2, -0.15) is 0 Å². The summed E-state index contributed by atoms with van der Waals surface area (Å²) < 4.78 is 2.15. The minimum absolute atomic E-state index is 0.0262. The van der Waals surface area contributed by atoms with Gasteiger partial charge in [-0.05, 0) is 45.7 Å². The average Bonchev–Trinajstić information content (AvgIpc) is 3.28. The third-order valence-corrected chi connectivity index (χ3v) is 4.64. The molecule has 1 N–H and O–H groups in total. The van der Waals surface area contributed by atoms with E-state index in [2.05, 4.69) is 25.1 Å². The number of nitrogens with one attached hydrogen (secondary N) is 1. The van der Waals surface area contributed by atoms with E-state index in [9.17, 15) is 4.79 Å². The van der Waals surface area contributed by atoms with E-state index in [-0.39, 0.29) is 17.2 Å². The monoisotopic (exact) mass is 331 g/mol. The van der Waals surface area contributed by atoms with Gasteiger partial charge in [0, 0.05) is 30.0 Å². The van der Waals surface area contributed by atoms with Crippen LogP contribution >= 0.6 is 11.8 Å². The second-order valence-corrected chi connectivity index (χ2v) is 7.38. The van der Waals surface area contributed by atoms with Crippen LogP contribution in [0, 0.1) is 0 Å². The second kappa shape index (κ2) is 6.70. The summed E-state index contributed by atoms with van der Waals surface area (Å²) in [4.78, 5) is 16.3. The van der Waals surface area contributed by atoms with Gasteiger partial charge in [0.2, 0.25) is 5.91 Å². The Labute approximate surface area is 140 Å². The number of hydrogen-bond donors (Lipinski definition) is 1. The van der Waals surface area contributed by atoms with Gasteiger partial charge in [0.15, 0.2) is 11.0 Å². The van der Waals surface area contributed by atoms with Gasteiger partial charge in [0.1, 0.15) is 0 Å². The number of carbonyl (C=O) groups excluding carboxylic acids is 1. The SMILES string of the molecule is CC(C)NC(=O)[C@H](C)Sc1nnc(-c2cccnc2)n1C1CC1. The minimum Gasteiger partial charge on any atom is -0.353 e. The molecule has 0 saturated heterocycles. The molecule has 0 aliphatic heterocycles. The number of amides is 1. The quantitative estimate of drug-likeness (QED) is 0.824. The Morgan fingerprint density at radius 2 is 2.13 bits per heavy atom. The molecule has 1 fully saturated rings. The van der Waals surface area contributed by atoms with Gasteiger partial charge >= 0.3 is 0 Å². The highest BCUT2D eigenvalue weighted by molar-refractivity contribution is 8.00. The molecule has 1 amide bonds. The van der Waals surface area contributed by atoms with Crippen LogP contribution in [0.2, 0.25) is 0 Å². The lowest BCUT2D eigenvalue weighted by Crippen LogP contribution is -2.36. The Morgan fingerprint density at radius 1 is 1.35 bits per heavy atom. The predicted octanol–water partition coefficient (Wildman–Crippen LogP) is 2.68. The molecule has 0 bridgehead atoms. The molecule has 2 heterocycles. The number of hydrogen-bond acceptors (Lipinski definition) is 5. The number of rotatable bonds is 6. The fourth-order valence-electron chi connectivity index (χ4n) is 2.32. The van der Waals surface area contributed by atoms with Gasteiger partial charge in [-0.3, -0.25) is 14.3 Å². The van der Waals surface area contributed by atoms with Crippen molar-refractivity contribution in [1.82, 2.24) is 25.1 Å². The zero-order valence-electron chi connectivity index (χ0n) is 13.6. The van der Waals surface area contributed by atoms with Crippen molar-refractivity contribution in [1.29, 1.82) is 0 Å². The van der Waals surface area contributed by atoms with Crippen LogP contribution < -0.4 is 5.32 Å². The Morgan fingerprint density at radius 3 is 2.74 bits per heavy atom. The average molecular weight is 331 g/mol. The summed E-state index contributed by atoms with van der Waals surface area (Å²) in [6.45, 7) is 5.82. The van der Waals surface area contributed by atoms with E-state index in [4.69, 9.17) is 0 Å². The smallest absolute Gasteiger partial charge is 0.233 e. The summed E-state index contributed by atoms with van der Waals surface area (Å²) in [6.07, 6.45) is 5.80. The topological polar surface area (TPSA) is 72.7 Å². The van der Waals surface area contributed by atoms with E-state index in [1.54, 1.807) is 12.4 Å². The van der Waals surface area contributed by atoms with Crippen molar-refractivity contribution in [2.24, 2.45) is 0 Å². The van der Waals surface area contributed by atoms with Gasteiger partial charge < -0.3 is 5.32 Å². The highest BCUT2D eigenvalue weighted by Crippen LogP contribution is 2.41. The van der Waals surface area contributed by atoms with Gasteiger partial charge in [0.05, 0.1) is 5.25 Å². The van der Waals surface area contributed by atoms with Crippen LogP contribution in [0.1, 0.15) is 39.7 Å². The molecule has 122 valence electrons. The second-order valence-electron chi connectivity index (χ2n) is 6.07. The molecule has 6 nitrogen and oxygen atoms in total. The summed E-state index contributed by atoms with van der Waals surface area (Å²) in [5.41, 5.74) is 0.957. The van der Waals surface area contributed by atoms with Crippen LogP contribution in [0.15, 0.2) is 29.7 Å². The van der Waals surface area contributed by atoms with Crippen LogP contribution in [-0.2, 0) is 4.79 Å². The summed E-state index contributed by atoms with van der Waals surface area (Å²) in [6, 6.07) is 4.45. The summed E-state index contributed by atoms with van der Waals surface area (Å²) in [5.74, 6) is 0.859. The van der Waals surface area contributed by atoms with Gasteiger partial charge in [0.25, 0.3) is 0 Å². The largest absolute Gasteiger partial charge is 0.353 e. The van der Waals surface area contributed by atoms with E-state index >= 15 is 0 Å². The summed E-state index contributed by atoms with van der Waals surface area (Å²) >= 11 is 1.46. The molecule has 1 aliphatic rings. The number of thioether (sulfide) groups is 1. The molecule has 0 radical (unpaired) electrons. The number of nitrogens with zero attached hydrogens (tertiary/aromatic N) is 4. The lowest BCUT2D eigenvalue weighted by atomic mass is 10.3. The Hall–Kier alpha value is -1.89. The fraction of sp³-hybridized carbons (Fsp3) is 0.500. The van der Waals surface area contributed by atoms with Crippen LogP contribution in [-0.4, -0.2) is 36.9 Å². The molecule has 0 aromatic carbocycles. The predicted molar refractivity (Wildman–Crippen MR) is 90.1 cm³/mol. The Kier molecular flexibility index (Phi) is 4.66. The molecule has 2 aromatic heterocycles. The number of carbonyl (C=O) groups is 1. The number of pyridine rings is 1. The molecule has 1 saturated carbocycles. The first-order chi connectivity index (χ1) is 11.1. The van der Waals surface area contributed by atoms with Crippen LogP contribution in [0.5, 0.6) is 0 Å². The summed E-state index contributed by atoms with van der Waals surface area (Å²) in [7, 11) is 0. The van der Waals surface area contributed by atoms with Crippen LogP contribution in [0.4, 0.5) is 0 Å². The summed E-state index contributed by atoms with van der Waals surface area (Å²) in [5, 5.41) is 12.2. The lowest BCUT2D eigenvalue weighted by molar-refractivity contribution is -0.120. The first-order valence-electron chi connectivity index (χ1n) is 7.88. The van der Waals surface area contributed by atoms with Crippen LogP contribution in [0.3, 0.4) is 0 Å². The van der Waals surface area contributed by atoms with Gasteiger partial charge in [-0.15, -0.1) is 10.2 Å². The fourth-order valence-corrected chi connectivity index (χ4v) is 3.25. The highest BCUT2D eigenvalue weighted by atomic mass is 32.2. The number of aromatic nitrogens is 4.